The van der Waals surface area contributed by atoms with Crippen molar-refractivity contribution in [2.24, 2.45) is 5.92 Å². The van der Waals surface area contributed by atoms with Gasteiger partial charge in [0.2, 0.25) is 5.91 Å². The Morgan fingerprint density at radius 1 is 1.19 bits per heavy atom. The number of thiophene rings is 1. The molecule has 1 saturated carbocycles. The van der Waals surface area contributed by atoms with Crippen molar-refractivity contribution in [2.75, 3.05) is 6.54 Å². The maximum atomic E-state index is 12.7. The molecule has 2 aromatic rings. The first-order valence-electron chi connectivity index (χ1n) is 7.67. The SMILES string of the molecule is Cc1ccc([C@@H]2c3ccsc3CCN2C(=O)C2CC2)cc1. The van der Waals surface area contributed by atoms with Gasteiger partial charge in [-0.3, -0.25) is 4.79 Å². The van der Waals surface area contributed by atoms with Gasteiger partial charge in [-0.2, -0.15) is 0 Å². The summed E-state index contributed by atoms with van der Waals surface area (Å²) in [6, 6.07) is 11.0. The fourth-order valence-corrected chi connectivity index (χ4v) is 4.13. The number of hydrogen-bond donors (Lipinski definition) is 0. The minimum absolute atomic E-state index is 0.119. The van der Waals surface area contributed by atoms with E-state index in [0.29, 0.717) is 5.91 Å². The van der Waals surface area contributed by atoms with E-state index < -0.39 is 0 Å². The molecule has 3 heteroatoms. The molecular weight excluding hydrogens is 278 g/mol. The third kappa shape index (κ3) is 2.30. The standard InChI is InChI=1S/C18H19NOS/c1-12-2-4-13(5-3-12)17-15-9-11-21-16(15)8-10-19(17)18(20)14-6-7-14/h2-5,9,11,14,17H,6-8,10H2,1H3/t17-/m1/s1. The lowest BCUT2D eigenvalue weighted by atomic mass is 9.92. The van der Waals surface area contributed by atoms with Gasteiger partial charge in [-0.1, -0.05) is 29.8 Å². The second-order valence-electron chi connectivity index (χ2n) is 6.17. The molecule has 0 radical (unpaired) electrons. The molecule has 1 aliphatic heterocycles. The Hall–Kier alpha value is -1.61. The van der Waals surface area contributed by atoms with Gasteiger partial charge in [0.15, 0.2) is 0 Å². The van der Waals surface area contributed by atoms with E-state index in [1.165, 1.54) is 21.6 Å². The number of aryl methyl sites for hydroxylation is 1. The number of nitrogens with zero attached hydrogens (tertiary/aromatic N) is 1. The summed E-state index contributed by atoms with van der Waals surface area (Å²) in [5, 5.41) is 2.16. The fraction of sp³-hybridized carbons (Fsp3) is 0.389. The van der Waals surface area contributed by atoms with Crippen LogP contribution < -0.4 is 0 Å². The summed E-state index contributed by atoms with van der Waals surface area (Å²) in [6.45, 7) is 2.97. The van der Waals surface area contributed by atoms with Crippen molar-refractivity contribution in [3.63, 3.8) is 0 Å². The number of amides is 1. The Labute approximate surface area is 129 Å². The summed E-state index contributed by atoms with van der Waals surface area (Å²) in [4.78, 5) is 16.2. The maximum Gasteiger partial charge on any atom is 0.226 e. The molecule has 0 saturated heterocycles. The van der Waals surface area contributed by atoms with Gasteiger partial charge in [0.25, 0.3) is 0 Å². The van der Waals surface area contributed by atoms with Gasteiger partial charge in [0.1, 0.15) is 0 Å². The highest BCUT2D eigenvalue weighted by Gasteiger charge is 2.39. The molecule has 0 N–H and O–H groups in total. The Kier molecular flexibility index (Phi) is 3.11. The molecule has 2 heterocycles. The van der Waals surface area contributed by atoms with Crippen LogP contribution in [0.5, 0.6) is 0 Å². The largest absolute Gasteiger partial charge is 0.331 e. The van der Waals surface area contributed by atoms with Crippen molar-refractivity contribution in [3.05, 3.63) is 57.3 Å². The molecule has 1 aliphatic carbocycles. The molecule has 1 atom stereocenters. The first kappa shape index (κ1) is 13.1. The Bertz CT molecular complexity index is 669. The second-order valence-corrected chi connectivity index (χ2v) is 7.17. The normalized spacial score (nSPS) is 21.2. The quantitative estimate of drug-likeness (QED) is 0.822. The van der Waals surface area contributed by atoms with Crippen LogP contribution in [0, 0.1) is 12.8 Å². The van der Waals surface area contributed by atoms with E-state index in [1.807, 2.05) is 11.3 Å². The molecule has 4 rings (SSSR count). The number of carbonyl (C=O) groups excluding carboxylic acids is 1. The lowest BCUT2D eigenvalue weighted by molar-refractivity contribution is -0.134. The summed E-state index contributed by atoms with van der Waals surface area (Å²) in [6.07, 6.45) is 3.16. The van der Waals surface area contributed by atoms with Crippen LogP contribution in [0.4, 0.5) is 0 Å². The highest BCUT2D eigenvalue weighted by Crippen LogP contribution is 2.41. The van der Waals surface area contributed by atoms with E-state index in [1.54, 1.807) is 0 Å². The van der Waals surface area contributed by atoms with Crippen molar-refractivity contribution in [1.29, 1.82) is 0 Å². The fourth-order valence-electron chi connectivity index (χ4n) is 3.23. The first-order valence-corrected chi connectivity index (χ1v) is 8.55. The van der Waals surface area contributed by atoms with Gasteiger partial charge in [-0.25, -0.2) is 0 Å². The smallest absolute Gasteiger partial charge is 0.226 e. The number of benzene rings is 1. The Balaban J connectivity index is 1.77. The molecule has 2 aliphatic rings. The van der Waals surface area contributed by atoms with Gasteiger partial charge < -0.3 is 4.90 Å². The van der Waals surface area contributed by atoms with E-state index in [2.05, 4.69) is 47.5 Å². The van der Waals surface area contributed by atoms with Crippen LogP contribution >= 0.6 is 11.3 Å². The van der Waals surface area contributed by atoms with Crippen LogP contribution in [-0.4, -0.2) is 17.4 Å². The van der Waals surface area contributed by atoms with Crippen molar-refractivity contribution in [1.82, 2.24) is 4.90 Å². The molecule has 1 amide bonds. The Morgan fingerprint density at radius 2 is 1.95 bits per heavy atom. The van der Waals surface area contributed by atoms with Crippen molar-refractivity contribution in [2.45, 2.75) is 32.2 Å². The van der Waals surface area contributed by atoms with Gasteiger partial charge >= 0.3 is 0 Å². The predicted octanol–water partition coefficient (Wildman–Crippen LogP) is 3.94. The molecular formula is C18H19NOS. The number of hydrogen-bond acceptors (Lipinski definition) is 2. The van der Waals surface area contributed by atoms with Gasteiger partial charge in [0.05, 0.1) is 6.04 Å². The predicted molar refractivity (Wildman–Crippen MR) is 85.5 cm³/mol. The molecule has 108 valence electrons. The number of fused-ring (bicyclic) bond motifs is 1. The van der Waals surface area contributed by atoms with Crippen LogP contribution in [0.1, 0.15) is 40.5 Å². The first-order chi connectivity index (χ1) is 10.2. The lowest BCUT2D eigenvalue weighted by Crippen LogP contribution is -2.40. The molecule has 0 unspecified atom stereocenters. The topological polar surface area (TPSA) is 20.3 Å². The summed E-state index contributed by atoms with van der Waals surface area (Å²) in [5.74, 6) is 0.649. The van der Waals surface area contributed by atoms with E-state index in [-0.39, 0.29) is 12.0 Å². The van der Waals surface area contributed by atoms with E-state index >= 15 is 0 Å². The van der Waals surface area contributed by atoms with Crippen molar-refractivity contribution in [3.8, 4) is 0 Å². The summed E-state index contributed by atoms with van der Waals surface area (Å²) in [5.41, 5.74) is 3.85. The zero-order valence-corrected chi connectivity index (χ0v) is 13.0. The Morgan fingerprint density at radius 3 is 2.67 bits per heavy atom. The number of rotatable bonds is 2. The molecule has 0 spiro atoms. The van der Waals surface area contributed by atoms with Crippen LogP contribution in [0.15, 0.2) is 35.7 Å². The third-order valence-corrected chi connectivity index (χ3v) is 5.57. The lowest BCUT2D eigenvalue weighted by Gasteiger charge is -2.36. The minimum Gasteiger partial charge on any atom is -0.331 e. The molecule has 1 aromatic carbocycles. The third-order valence-electron chi connectivity index (χ3n) is 4.57. The van der Waals surface area contributed by atoms with Crippen LogP contribution in [0.2, 0.25) is 0 Å². The summed E-state index contributed by atoms with van der Waals surface area (Å²) in [7, 11) is 0. The average molecular weight is 297 g/mol. The van der Waals surface area contributed by atoms with Crippen LogP contribution in [0.25, 0.3) is 0 Å². The zero-order valence-electron chi connectivity index (χ0n) is 12.2. The maximum absolute atomic E-state index is 12.7. The highest BCUT2D eigenvalue weighted by atomic mass is 32.1. The van der Waals surface area contributed by atoms with Crippen molar-refractivity contribution < 1.29 is 4.79 Å². The second kappa shape index (κ2) is 4.99. The molecule has 0 bridgehead atoms. The van der Waals surface area contributed by atoms with E-state index in [4.69, 9.17) is 0 Å². The minimum atomic E-state index is 0.119. The van der Waals surface area contributed by atoms with Crippen LogP contribution in [0.3, 0.4) is 0 Å². The molecule has 1 aromatic heterocycles. The van der Waals surface area contributed by atoms with E-state index in [9.17, 15) is 4.79 Å². The highest BCUT2D eigenvalue weighted by molar-refractivity contribution is 7.10. The number of carbonyl (C=O) groups is 1. The molecule has 21 heavy (non-hydrogen) atoms. The van der Waals surface area contributed by atoms with Crippen LogP contribution in [-0.2, 0) is 11.2 Å². The summed E-state index contributed by atoms with van der Waals surface area (Å²) < 4.78 is 0. The monoisotopic (exact) mass is 297 g/mol. The zero-order chi connectivity index (χ0) is 14.4. The molecule has 1 fully saturated rings. The average Bonchev–Trinajstić information content (AvgIpc) is 3.24. The van der Waals surface area contributed by atoms with Crippen molar-refractivity contribution >= 4 is 17.2 Å². The van der Waals surface area contributed by atoms with E-state index in [0.717, 1.165) is 25.8 Å². The molecule has 2 nitrogen and oxygen atoms in total. The van der Waals surface area contributed by atoms with Gasteiger partial charge in [-0.15, -0.1) is 11.3 Å². The van der Waals surface area contributed by atoms with Gasteiger partial charge in [-0.05, 0) is 48.8 Å². The summed E-state index contributed by atoms with van der Waals surface area (Å²) >= 11 is 1.83. The van der Waals surface area contributed by atoms with Gasteiger partial charge in [0, 0.05) is 17.3 Å².